The van der Waals surface area contributed by atoms with Crippen molar-refractivity contribution in [3.63, 3.8) is 0 Å². The Bertz CT molecular complexity index is 971. The molecule has 2 aromatic carbocycles. The van der Waals surface area contributed by atoms with E-state index in [1.807, 2.05) is 49.4 Å². The summed E-state index contributed by atoms with van der Waals surface area (Å²) in [4.78, 5) is 2.21. The van der Waals surface area contributed by atoms with Crippen LogP contribution >= 0.6 is 12.6 Å². The second kappa shape index (κ2) is 9.66. The van der Waals surface area contributed by atoms with E-state index < -0.39 is 10.0 Å². The van der Waals surface area contributed by atoms with Gasteiger partial charge in [-0.2, -0.15) is 22.2 Å². The van der Waals surface area contributed by atoms with Crippen LogP contribution in [0.5, 0.6) is 0 Å². The fourth-order valence-electron chi connectivity index (χ4n) is 3.92. The highest BCUT2D eigenvalue weighted by Gasteiger charge is 2.34. The van der Waals surface area contributed by atoms with Gasteiger partial charge in [-0.1, -0.05) is 37.3 Å². The van der Waals surface area contributed by atoms with Crippen molar-refractivity contribution in [2.45, 2.75) is 32.4 Å². The SMILES string of the molecule is CCCS(=O)(=O)N1Cc2cc(C#N)ccc2N(CCS)C[C@H]1Cc1ccccc1. The zero-order chi connectivity index (χ0) is 20.9. The van der Waals surface area contributed by atoms with Gasteiger partial charge in [-0.3, -0.25) is 0 Å². The average molecular weight is 430 g/mol. The molecular weight excluding hydrogens is 402 g/mol. The van der Waals surface area contributed by atoms with E-state index in [-0.39, 0.29) is 18.3 Å². The number of benzene rings is 2. The molecule has 0 N–H and O–H groups in total. The molecule has 2 aromatic rings. The third-order valence-corrected chi connectivity index (χ3v) is 7.48. The van der Waals surface area contributed by atoms with Crippen molar-refractivity contribution in [1.82, 2.24) is 4.31 Å². The summed E-state index contributed by atoms with van der Waals surface area (Å²) in [6, 6.07) is 17.6. The van der Waals surface area contributed by atoms with Crippen LogP contribution in [-0.4, -0.2) is 43.4 Å². The minimum Gasteiger partial charge on any atom is -0.369 e. The Morgan fingerprint density at radius 2 is 1.97 bits per heavy atom. The van der Waals surface area contributed by atoms with Gasteiger partial charge in [0, 0.05) is 37.1 Å². The third kappa shape index (κ3) is 5.13. The molecule has 0 aliphatic carbocycles. The first-order valence-electron chi connectivity index (χ1n) is 9.90. The van der Waals surface area contributed by atoms with E-state index in [9.17, 15) is 13.7 Å². The third-order valence-electron chi connectivity index (χ3n) is 5.22. The van der Waals surface area contributed by atoms with Gasteiger partial charge in [-0.05, 0) is 42.2 Å². The Labute approximate surface area is 179 Å². The average Bonchev–Trinajstić information content (AvgIpc) is 2.86. The predicted octanol–water partition coefficient (Wildman–Crippen LogP) is 3.46. The van der Waals surface area contributed by atoms with Crippen LogP contribution in [0.15, 0.2) is 48.5 Å². The Hall–Kier alpha value is -2.01. The first-order valence-corrected chi connectivity index (χ1v) is 12.1. The number of hydrogen-bond donors (Lipinski definition) is 1. The summed E-state index contributed by atoms with van der Waals surface area (Å²) >= 11 is 4.41. The number of nitrogens with zero attached hydrogens (tertiary/aromatic N) is 3. The molecule has 0 unspecified atom stereocenters. The largest absolute Gasteiger partial charge is 0.369 e. The maximum atomic E-state index is 13.2. The van der Waals surface area contributed by atoms with Crippen molar-refractivity contribution in [2.24, 2.45) is 0 Å². The molecule has 0 aromatic heterocycles. The highest BCUT2D eigenvalue weighted by molar-refractivity contribution is 7.89. The minimum atomic E-state index is -3.42. The van der Waals surface area contributed by atoms with Gasteiger partial charge in [0.2, 0.25) is 10.0 Å². The number of thiol groups is 1. The molecule has 1 aliphatic heterocycles. The lowest BCUT2D eigenvalue weighted by atomic mass is 10.1. The first-order chi connectivity index (χ1) is 14.0. The van der Waals surface area contributed by atoms with Crippen molar-refractivity contribution in [3.8, 4) is 6.07 Å². The van der Waals surface area contributed by atoms with Crippen LogP contribution in [0.4, 0.5) is 5.69 Å². The quantitative estimate of drug-likeness (QED) is 0.685. The van der Waals surface area contributed by atoms with E-state index in [4.69, 9.17) is 0 Å². The van der Waals surface area contributed by atoms with Crippen LogP contribution in [0.25, 0.3) is 0 Å². The molecule has 0 spiro atoms. The van der Waals surface area contributed by atoms with Gasteiger partial charge in [-0.25, -0.2) is 8.42 Å². The Kier molecular flexibility index (Phi) is 7.23. The maximum Gasteiger partial charge on any atom is 0.214 e. The van der Waals surface area contributed by atoms with Gasteiger partial charge in [0.1, 0.15) is 0 Å². The lowest BCUT2D eigenvalue weighted by Gasteiger charge is -2.32. The molecule has 3 rings (SSSR count). The van der Waals surface area contributed by atoms with Crippen molar-refractivity contribution in [3.05, 3.63) is 65.2 Å². The molecule has 7 heteroatoms. The van der Waals surface area contributed by atoms with Gasteiger partial charge < -0.3 is 4.90 Å². The summed E-state index contributed by atoms with van der Waals surface area (Å²) in [6.45, 7) is 3.48. The Morgan fingerprint density at radius 3 is 2.62 bits per heavy atom. The Balaban J connectivity index is 2.06. The monoisotopic (exact) mass is 429 g/mol. The number of sulfonamides is 1. The molecule has 29 heavy (non-hydrogen) atoms. The minimum absolute atomic E-state index is 0.123. The van der Waals surface area contributed by atoms with E-state index in [0.29, 0.717) is 30.7 Å². The van der Waals surface area contributed by atoms with Gasteiger partial charge in [0.25, 0.3) is 0 Å². The maximum absolute atomic E-state index is 13.2. The van der Waals surface area contributed by atoms with Gasteiger partial charge in [-0.15, -0.1) is 0 Å². The lowest BCUT2D eigenvalue weighted by molar-refractivity contribution is 0.319. The Morgan fingerprint density at radius 1 is 1.21 bits per heavy atom. The molecule has 1 aliphatic rings. The summed E-state index contributed by atoms with van der Waals surface area (Å²) in [5, 5.41) is 9.33. The summed E-state index contributed by atoms with van der Waals surface area (Å²) in [7, 11) is -3.42. The standard InChI is InChI=1S/C22H27N3O2S2/c1-2-12-29(26,27)25-16-20-13-19(15-23)8-9-22(20)24(10-11-28)17-21(25)14-18-6-4-3-5-7-18/h3-9,13,21,28H,2,10-12,14,16-17H2,1H3/t21-/m1/s1. The normalized spacial score (nSPS) is 17.4. The van der Waals surface area contributed by atoms with E-state index >= 15 is 0 Å². The number of fused-ring (bicyclic) bond motifs is 1. The molecule has 0 saturated heterocycles. The molecule has 0 radical (unpaired) electrons. The highest BCUT2D eigenvalue weighted by Crippen LogP contribution is 2.31. The summed E-state index contributed by atoms with van der Waals surface area (Å²) in [6.07, 6.45) is 1.22. The van der Waals surface area contributed by atoms with E-state index in [2.05, 4.69) is 23.6 Å². The topological polar surface area (TPSA) is 64.4 Å². The molecule has 1 atom stereocenters. The van der Waals surface area contributed by atoms with Crippen molar-refractivity contribution < 1.29 is 8.42 Å². The second-order valence-corrected chi connectivity index (χ2v) is 9.82. The fraction of sp³-hybridized carbons (Fsp3) is 0.409. The molecule has 0 bridgehead atoms. The smallest absolute Gasteiger partial charge is 0.214 e. The van der Waals surface area contributed by atoms with Crippen molar-refractivity contribution in [2.75, 3.05) is 29.5 Å². The van der Waals surface area contributed by atoms with Crippen LogP contribution in [0, 0.1) is 11.3 Å². The van der Waals surface area contributed by atoms with Crippen LogP contribution in [0.3, 0.4) is 0 Å². The molecule has 154 valence electrons. The van der Waals surface area contributed by atoms with Gasteiger partial charge in [0.05, 0.1) is 17.4 Å². The van der Waals surface area contributed by atoms with Crippen LogP contribution in [0.1, 0.15) is 30.0 Å². The number of hydrogen-bond acceptors (Lipinski definition) is 5. The summed E-state index contributed by atoms with van der Waals surface area (Å²) in [5.41, 5.74) is 3.53. The fourth-order valence-corrected chi connectivity index (χ4v) is 5.84. The number of nitriles is 1. The number of anilines is 1. The molecule has 5 nitrogen and oxygen atoms in total. The molecule has 0 amide bonds. The zero-order valence-corrected chi connectivity index (χ0v) is 18.4. The zero-order valence-electron chi connectivity index (χ0n) is 16.7. The molecule has 0 fully saturated rings. The van der Waals surface area contributed by atoms with Crippen LogP contribution in [-0.2, 0) is 23.0 Å². The highest BCUT2D eigenvalue weighted by atomic mass is 32.2. The van der Waals surface area contributed by atoms with E-state index in [1.165, 1.54) is 0 Å². The first kappa shape index (κ1) is 21.7. The van der Waals surface area contributed by atoms with Crippen LogP contribution < -0.4 is 4.90 Å². The van der Waals surface area contributed by atoms with Crippen LogP contribution in [0.2, 0.25) is 0 Å². The van der Waals surface area contributed by atoms with E-state index in [1.54, 1.807) is 10.4 Å². The van der Waals surface area contributed by atoms with Crippen molar-refractivity contribution >= 4 is 28.3 Å². The number of rotatable bonds is 7. The van der Waals surface area contributed by atoms with Crippen molar-refractivity contribution in [1.29, 1.82) is 5.26 Å². The second-order valence-electron chi connectivity index (χ2n) is 7.33. The molecule has 1 heterocycles. The molecular formula is C22H27N3O2S2. The summed E-state index contributed by atoms with van der Waals surface area (Å²) in [5.74, 6) is 0.789. The lowest BCUT2D eigenvalue weighted by Crippen LogP contribution is -2.46. The van der Waals surface area contributed by atoms with Gasteiger partial charge in [0.15, 0.2) is 0 Å². The van der Waals surface area contributed by atoms with Gasteiger partial charge >= 0.3 is 0 Å². The summed E-state index contributed by atoms with van der Waals surface area (Å²) < 4.78 is 28.0. The molecule has 0 saturated carbocycles. The van der Waals surface area contributed by atoms with E-state index in [0.717, 1.165) is 23.4 Å². The predicted molar refractivity (Wildman–Crippen MR) is 121 cm³/mol.